The van der Waals surface area contributed by atoms with Crippen molar-refractivity contribution in [2.24, 2.45) is 0 Å². The maximum Gasteiger partial charge on any atom is 0.255 e. The molecule has 146 valence electrons. The minimum Gasteiger partial charge on any atom is -0.495 e. The highest BCUT2D eigenvalue weighted by Crippen LogP contribution is 2.26. The summed E-state index contributed by atoms with van der Waals surface area (Å²) >= 11 is 0. The molecular formula is C18H20F2N2O4S. The Morgan fingerprint density at radius 1 is 1.04 bits per heavy atom. The second-order valence-corrected chi connectivity index (χ2v) is 8.48. The summed E-state index contributed by atoms with van der Waals surface area (Å²) in [4.78, 5) is 12.2. The summed E-state index contributed by atoms with van der Waals surface area (Å²) in [5.74, 6) is -2.37. The van der Waals surface area contributed by atoms with Gasteiger partial charge in [-0.3, -0.25) is 4.79 Å². The van der Waals surface area contributed by atoms with Gasteiger partial charge in [0, 0.05) is 22.9 Å². The number of methoxy groups -OCH3 is 1. The summed E-state index contributed by atoms with van der Waals surface area (Å²) in [6, 6.07) is 6.38. The molecule has 0 radical (unpaired) electrons. The van der Waals surface area contributed by atoms with Crippen LogP contribution in [0.4, 0.5) is 14.5 Å². The number of nitrogens with one attached hydrogen (secondary N) is 2. The van der Waals surface area contributed by atoms with Gasteiger partial charge in [0.05, 0.1) is 7.11 Å². The van der Waals surface area contributed by atoms with E-state index < -0.39 is 33.1 Å². The Labute approximate surface area is 156 Å². The van der Waals surface area contributed by atoms with E-state index in [1.54, 1.807) is 20.8 Å². The van der Waals surface area contributed by atoms with Crippen molar-refractivity contribution in [3.8, 4) is 5.75 Å². The minimum absolute atomic E-state index is 0.0187. The third kappa shape index (κ3) is 5.48. The molecule has 2 N–H and O–H groups in total. The first-order valence-corrected chi connectivity index (χ1v) is 9.39. The summed E-state index contributed by atoms with van der Waals surface area (Å²) < 4.78 is 59.3. The number of benzene rings is 2. The molecule has 0 aliphatic rings. The topological polar surface area (TPSA) is 84.5 Å². The van der Waals surface area contributed by atoms with Crippen molar-refractivity contribution in [3.63, 3.8) is 0 Å². The van der Waals surface area contributed by atoms with Crippen molar-refractivity contribution < 1.29 is 26.7 Å². The van der Waals surface area contributed by atoms with E-state index in [2.05, 4.69) is 10.0 Å². The lowest BCUT2D eigenvalue weighted by molar-refractivity contribution is 0.102. The van der Waals surface area contributed by atoms with Crippen molar-refractivity contribution in [3.05, 3.63) is 53.6 Å². The molecule has 0 aromatic heterocycles. The molecule has 0 aliphatic heterocycles. The van der Waals surface area contributed by atoms with Gasteiger partial charge in [-0.25, -0.2) is 21.9 Å². The number of amides is 1. The van der Waals surface area contributed by atoms with Crippen molar-refractivity contribution >= 4 is 21.6 Å². The molecule has 9 heteroatoms. The Kier molecular flexibility index (Phi) is 5.86. The number of carbonyl (C=O) groups excluding carboxylic acids is 1. The fraction of sp³-hybridized carbons (Fsp3) is 0.278. The molecule has 0 spiro atoms. The van der Waals surface area contributed by atoms with Crippen LogP contribution in [0.15, 0.2) is 41.3 Å². The lowest BCUT2D eigenvalue weighted by Gasteiger charge is -2.21. The number of halogens is 2. The lowest BCUT2D eigenvalue weighted by atomic mass is 10.1. The Balaban J connectivity index is 2.40. The Bertz CT molecular complexity index is 950. The third-order valence-electron chi connectivity index (χ3n) is 3.28. The number of hydrogen-bond acceptors (Lipinski definition) is 4. The quantitative estimate of drug-likeness (QED) is 0.809. The van der Waals surface area contributed by atoms with E-state index in [0.717, 1.165) is 18.2 Å². The van der Waals surface area contributed by atoms with Gasteiger partial charge in [-0.15, -0.1) is 0 Å². The molecule has 27 heavy (non-hydrogen) atoms. The molecule has 0 aliphatic carbocycles. The van der Waals surface area contributed by atoms with E-state index in [1.165, 1.54) is 19.2 Å². The molecule has 0 saturated heterocycles. The molecule has 0 saturated carbocycles. The van der Waals surface area contributed by atoms with Crippen LogP contribution in [0, 0.1) is 11.6 Å². The van der Waals surface area contributed by atoms with Crippen LogP contribution in [0.25, 0.3) is 0 Å². The smallest absolute Gasteiger partial charge is 0.255 e. The summed E-state index contributed by atoms with van der Waals surface area (Å²) in [5, 5.41) is 2.33. The molecule has 2 aromatic rings. The first-order valence-electron chi connectivity index (χ1n) is 7.91. The first-order chi connectivity index (χ1) is 12.4. The fourth-order valence-electron chi connectivity index (χ4n) is 2.32. The van der Waals surface area contributed by atoms with Gasteiger partial charge in [0.2, 0.25) is 10.0 Å². The zero-order chi connectivity index (χ0) is 20.4. The fourth-order valence-corrected chi connectivity index (χ4v) is 3.93. The van der Waals surface area contributed by atoms with Gasteiger partial charge >= 0.3 is 0 Å². The van der Waals surface area contributed by atoms with Gasteiger partial charge < -0.3 is 10.1 Å². The van der Waals surface area contributed by atoms with Crippen LogP contribution in [0.2, 0.25) is 0 Å². The number of ether oxygens (including phenoxy) is 1. The maximum atomic E-state index is 13.3. The lowest BCUT2D eigenvalue weighted by Crippen LogP contribution is -2.40. The SMILES string of the molecule is COc1ccc(C(=O)Nc2cc(F)cc(F)c2)cc1S(=O)(=O)NC(C)(C)C. The van der Waals surface area contributed by atoms with Crippen molar-refractivity contribution in [1.29, 1.82) is 0 Å². The van der Waals surface area contributed by atoms with Crippen LogP contribution >= 0.6 is 0 Å². The van der Waals surface area contributed by atoms with E-state index >= 15 is 0 Å². The molecule has 6 nitrogen and oxygen atoms in total. The second kappa shape index (κ2) is 7.61. The number of anilines is 1. The van der Waals surface area contributed by atoms with E-state index in [1.807, 2.05) is 0 Å². The highest BCUT2D eigenvalue weighted by molar-refractivity contribution is 7.89. The van der Waals surface area contributed by atoms with Gasteiger partial charge in [0.15, 0.2) is 0 Å². The van der Waals surface area contributed by atoms with Gasteiger partial charge in [-0.1, -0.05) is 0 Å². The summed E-state index contributed by atoms with van der Waals surface area (Å²) in [5.41, 5.74) is -0.860. The van der Waals surface area contributed by atoms with Crippen LogP contribution in [0.5, 0.6) is 5.75 Å². The zero-order valence-corrected chi connectivity index (χ0v) is 16.1. The van der Waals surface area contributed by atoms with Gasteiger partial charge in [0.1, 0.15) is 22.3 Å². The van der Waals surface area contributed by atoms with Crippen molar-refractivity contribution in [2.75, 3.05) is 12.4 Å². The average molecular weight is 398 g/mol. The molecule has 0 unspecified atom stereocenters. The van der Waals surface area contributed by atoms with Crippen LogP contribution in [-0.2, 0) is 10.0 Å². The van der Waals surface area contributed by atoms with E-state index in [0.29, 0.717) is 6.07 Å². The summed E-state index contributed by atoms with van der Waals surface area (Å²) in [6.45, 7) is 5.02. The van der Waals surface area contributed by atoms with E-state index in [4.69, 9.17) is 4.74 Å². The summed E-state index contributed by atoms with van der Waals surface area (Å²) in [7, 11) is -2.67. The van der Waals surface area contributed by atoms with E-state index in [9.17, 15) is 22.0 Å². The Morgan fingerprint density at radius 2 is 1.63 bits per heavy atom. The second-order valence-electron chi connectivity index (χ2n) is 6.83. The molecular weight excluding hydrogens is 378 g/mol. The first kappa shape index (κ1) is 20.8. The Hall–Kier alpha value is -2.52. The van der Waals surface area contributed by atoms with Crippen LogP contribution < -0.4 is 14.8 Å². The molecule has 2 aromatic carbocycles. The molecule has 2 rings (SSSR count). The number of hydrogen-bond donors (Lipinski definition) is 2. The van der Waals surface area contributed by atoms with Crippen LogP contribution in [-0.4, -0.2) is 27.0 Å². The monoisotopic (exact) mass is 398 g/mol. The molecule has 0 fully saturated rings. The average Bonchev–Trinajstić information content (AvgIpc) is 2.51. The maximum absolute atomic E-state index is 13.3. The Morgan fingerprint density at radius 3 is 2.15 bits per heavy atom. The summed E-state index contributed by atoms with van der Waals surface area (Å²) in [6.07, 6.45) is 0. The van der Waals surface area contributed by atoms with Gasteiger partial charge in [-0.2, -0.15) is 0 Å². The number of sulfonamides is 1. The normalized spacial score (nSPS) is 11.9. The largest absolute Gasteiger partial charge is 0.495 e. The highest BCUT2D eigenvalue weighted by Gasteiger charge is 2.26. The number of carbonyl (C=O) groups is 1. The molecule has 0 bridgehead atoms. The van der Waals surface area contributed by atoms with Crippen LogP contribution in [0.3, 0.4) is 0 Å². The molecule has 0 heterocycles. The predicted octanol–water partition coefficient (Wildman–Crippen LogP) is 3.30. The zero-order valence-electron chi connectivity index (χ0n) is 15.3. The molecule has 1 amide bonds. The van der Waals surface area contributed by atoms with Crippen molar-refractivity contribution in [2.45, 2.75) is 31.2 Å². The minimum atomic E-state index is -3.98. The van der Waals surface area contributed by atoms with Gasteiger partial charge in [0.25, 0.3) is 5.91 Å². The van der Waals surface area contributed by atoms with E-state index in [-0.39, 0.29) is 21.9 Å². The third-order valence-corrected chi connectivity index (χ3v) is 5.06. The van der Waals surface area contributed by atoms with Gasteiger partial charge in [-0.05, 0) is 51.1 Å². The van der Waals surface area contributed by atoms with Crippen molar-refractivity contribution in [1.82, 2.24) is 4.72 Å². The molecule has 0 atom stereocenters. The highest BCUT2D eigenvalue weighted by atomic mass is 32.2. The van der Waals surface area contributed by atoms with Crippen LogP contribution in [0.1, 0.15) is 31.1 Å². The predicted molar refractivity (Wildman–Crippen MR) is 97.4 cm³/mol. The standard InChI is InChI=1S/C18H20F2N2O4S/c1-18(2,3)22-27(24,25)16-7-11(5-6-15(16)26-4)17(23)21-14-9-12(19)8-13(20)10-14/h5-10,22H,1-4H3,(H,21,23). The number of rotatable bonds is 5.